The summed E-state index contributed by atoms with van der Waals surface area (Å²) >= 11 is 3.15. The molecule has 9 heteroatoms. The minimum absolute atomic E-state index is 0.157. The topological polar surface area (TPSA) is 103 Å². The van der Waals surface area contributed by atoms with Crippen LogP contribution in [0.15, 0.2) is 34.8 Å². The Bertz CT molecular complexity index is 1120. The first kappa shape index (κ1) is 21.6. The van der Waals surface area contributed by atoms with E-state index in [1.165, 1.54) is 34.2 Å². The number of anilines is 1. The van der Waals surface area contributed by atoms with Gasteiger partial charge in [-0.1, -0.05) is 30.8 Å². The summed E-state index contributed by atoms with van der Waals surface area (Å²) < 4.78 is 2.07. The number of hydrogen-bond donors (Lipinski definition) is 2. The molecule has 1 aromatic carbocycles. The zero-order valence-corrected chi connectivity index (χ0v) is 19.2. The number of thioether (sulfide) groups is 1. The molecule has 1 unspecified atom stereocenters. The molecule has 1 aliphatic carbocycles. The Kier molecular flexibility index (Phi) is 6.43. The highest BCUT2D eigenvalue weighted by Crippen LogP contribution is 2.38. The predicted octanol–water partition coefficient (Wildman–Crippen LogP) is 3.98. The summed E-state index contributed by atoms with van der Waals surface area (Å²) in [5.74, 6) is 0.953. The lowest BCUT2D eigenvalue weighted by Crippen LogP contribution is -2.19. The maximum absolute atomic E-state index is 12.5. The van der Waals surface area contributed by atoms with E-state index < -0.39 is 5.91 Å². The fraction of sp³-hybridized carbons (Fsp3) is 0.364. The van der Waals surface area contributed by atoms with Gasteiger partial charge in [0, 0.05) is 22.4 Å². The van der Waals surface area contributed by atoms with Gasteiger partial charge < -0.3 is 15.6 Å². The zero-order chi connectivity index (χ0) is 22.0. The van der Waals surface area contributed by atoms with E-state index in [-0.39, 0.29) is 17.2 Å². The summed E-state index contributed by atoms with van der Waals surface area (Å²) in [5.41, 5.74) is 8.66. The van der Waals surface area contributed by atoms with Gasteiger partial charge in [0.15, 0.2) is 11.0 Å². The predicted molar refractivity (Wildman–Crippen MR) is 125 cm³/mol. The van der Waals surface area contributed by atoms with Crippen LogP contribution in [0.3, 0.4) is 0 Å². The maximum atomic E-state index is 12.5. The van der Waals surface area contributed by atoms with E-state index in [0.29, 0.717) is 10.8 Å². The molecule has 4 rings (SSSR count). The first-order chi connectivity index (χ1) is 15.0. The molecule has 162 valence electrons. The smallest absolute Gasteiger partial charge is 0.250 e. The van der Waals surface area contributed by atoms with Crippen LogP contribution in [0.2, 0.25) is 0 Å². The molecule has 0 fully saturated rings. The Morgan fingerprint density at radius 1 is 1.32 bits per heavy atom. The normalized spacial score (nSPS) is 15.5. The van der Waals surface area contributed by atoms with Gasteiger partial charge in [0.1, 0.15) is 0 Å². The molecule has 1 aliphatic rings. The van der Waals surface area contributed by atoms with Gasteiger partial charge in [0.25, 0.3) is 5.91 Å². The second-order valence-electron chi connectivity index (χ2n) is 7.70. The molecule has 0 saturated carbocycles. The van der Waals surface area contributed by atoms with Crippen molar-refractivity contribution in [1.29, 1.82) is 0 Å². The number of rotatable bonds is 7. The summed E-state index contributed by atoms with van der Waals surface area (Å²) in [7, 11) is 0. The molecule has 3 aromatic rings. The van der Waals surface area contributed by atoms with Crippen molar-refractivity contribution in [3.63, 3.8) is 0 Å². The molecular formula is C22H25N5O2S2. The second kappa shape index (κ2) is 9.23. The van der Waals surface area contributed by atoms with Crippen LogP contribution in [-0.4, -0.2) is 32.3 Å². The number of fused-ring (bicyclic) bond motifs is 1. The van der Waals surface area contributed by atoms with E-state index in [1.54, 1.807) is 24.3 Å². The number of benzene rings is 1. The Morgan fingerprint density at radius 2 is 2.13 bits per heavy atom. The lowest BCUT2D eigenvalue weighted by atomic mass is 9.88. The van der Waals surface area contributed by atoms with Crippen LogP contribution in [0.1, 0.15) is 41.1 Å². The summed E-state index contributed by atoms with van der Waals surface area (Å²) in [4.78, 5) is 25.5. The second-order valence-corrected chi connectivity index (χ2v) is 9.60. The van der Waals surface area contributed by atoms with Gasteiger partial charge in [0.05, 0.1) is 17.0 Å². The van der Waals surface area contributed by atoms with Crippen LogP contribution in [0.4, 0.5) is 5.69 Å². The number of carbonyl (C=O) groups is 2. The average molecular weight is 456 g/mol. The van der Waals surface area contributed by atoms with Crippen LogP contribution in [-0.2, 0) is 24.2 Å². The molecule has 1 atom stereocenters. The Hall–Kier alpha value is -2.65. The number of amides is 2. The van der Waals surface area contributed by atoms with Crippen LogP contribution in [0.5, 0.6) is 0 Å². The van der Waals surface area contributed by atoms with E-state index in [2.05, 4.69) is 39.3 Å². The third kappa shape index (κ3) is 4.52. The number of aromatic nitrogens is 3. The van der Waals surface area contributed by atoms with Gasteiger partial charge in [-0.3, -0.25) is 9.59 Å². The van der Waals surface area contributed by atoms with E-state index in [1.807, 2.05) is 11.3 Å². The third-order valence-corrected chi connectivity index (χ3v) is 7.49. The monoisotopic (exact) mass is 455 g/mol. The molecule has 0 saturated heterocycles. The molecule has 7 nitrogen and oxygen atoms in total. The molecule has 2 amide bonds. The van der Waals surface area contributed by atoms with Gasteiger partial charge in [-0.2, -0.15) is 0 Å². The number of carbonyl (C=O) groups excluding carboxylic acids is 2. The van der Waals surface area contributed by atoms with Crippen LogP contribution < -0.4 is 11.1 Å². The van der Waals surface area contributed by atoms with E-state index in [0.717, 1.165) is 31.1 Å². The fourth-order valence-corrected chi connectivity index (χ4v) is 5.91. The minimum atomic E-state index is -0.576. The number of nitrogens with one attached hydrogen (secondary N) is 1. The Balaban J connectivity index is 1.48. The molecule has 31 heavy (non-hydrogen) atoms. The van der Waals surface area contributed by atoms with Crippen molar-refractivity contribution in [3.8, 4) is 11.4 Å². The Labute approximate surface area is 189 Å². The molecule has 0 radical (unpaired) electrons. The van der Waals surface area contributed by atoms with Gasteiger partial charge in [-0.05, 0) is 49.8 Å². The van der Waals surface area contributed by atoms with E-state index in [9.17, 15) is 9.59 Å². The fourth-order valence-electron chi connectivity index (χ4n) is 3.87. The molecule has 2 aromatic heterocycles. The number of nitrogens with two attached hydrogens (primary N) is 1. The van der Waals surface area contributed by atoms with Gasteiger partial charge in [-0.15, -0.1) is 21.5 Å². The number of nitrogens with zero attached hydrogens (tertiary/aromatic N) is 3. The van der Waals surface area contributed by atoms with E-state index >= 15 is 0 Å². The van der Waals surface area contributed by atoms with Crippen molar-refractivity contribution in [2.75, 3.05) is 11.1 Å². The van der Waals surface area contributed by atoms with E-state index in [4.69, 9.17) is 5.73 Å². The molecule has 0 aliphatic heterocycles. The van der Waals surface area contributed by atoms with Gasteiger partial charge >= 0.3 is 0 Å². The molecule has 0 spiro atoms. The van der Waals surface area contributed by atoms with Crippen LogP contribution >= 0.6 is 23.1 Å². The highest BCUT2D eigenvalue weighted by molar-refractivity contribution is 7.99. The van der Waals surface area contributed by atoms with Gasteiger partial charge in [-0.25, -0.2) is 0 Å². The number of primary amides is 1. The van der Waals surface area contributed by atoms with Gasteiger partial charge in [0.2, 0.25) is 5.91 Å². The highest BCUT2D eigenvalue weighted by Gasteiger charge is 2.24. The first-order valence-corrected chi connectivity index (χ1v) is 12.2. The standard InChI is InChI=1S/C22H25N5O2S2/c1-3-27-21(16-11-30-18-10-13(2)8-9-14(16)18)25-26-22(27)31-12-19(28)24-17-7-5-4-6-15(17)20(23)29/h4-7,11,13H,3,8-10,12H2,1-2H3,(H2,23,29)(H,24,28). The van der Waals surface area contributed by atoms with Crippen molar-refractivity contribution in [1.82, 2.24) is 14.8 Å². The summed E-state index contributed by atoms with van der Waals surface area (Å²) in [5, 5.41) is 14.5. The van der Waals surface area contributed by atoms with Crippen molar-refractivity contribution in [2.45, 2.75) is 44.8 Å². The Morgan fingerprint density at radius 3 is 2.90 bits per heavy atom. The first-order valence-electron chi connectivity index (χ1n) is 10.3. The number of para-hydroxylation sites is 1. The van der Waals surface area contributed by atoms with Crippen molar-refractivity contribution in [3.05, 3.63) is 45.6 Å². The quantitative estimate of drug-likeness (QED) is 0.525. The molecule has 0 bridgehead atoms. The maximum Gasteiger partial charge on any atom is 0.250 e. The lowest BCUT2D eigenvalue weighted by Gasteiger charge is -2.19. The van der Waals surface area contributed by atoms with Crippen molar-refractivity contribution in [2.24, 2.45) is 11.7 Å². The van der Waals surface area contributed by atoms with Crippen LogP contribution in [0.25, 0.3) is 11.4 Å². The molecule has 2 heterocycles. The summed E-state index contributed by atoms with van der Waals surface area (Å²) in [6, 6.07) is 6.71. The van der Waals surface area contributed by atoms with Crippen LogP contribution in [0, 0.1) is 5.92 Å². The molecular weight excluding hydrogens is 430 g/mol. The van der Waals surface area contributed by atoms with Crippen molar-refractivity contribution < 1.29 is 9.59 Å². The molecule has 3 N–H and O–H groups in total. The third-order valence-electron chi connectivity index (χ3n) is 5.47. The SMILES string of the molecule is CCn1c(SCC(=O)Nc2ccccc2C(N)=O)nnc1-c1csc2c1CCC(C)C2. The number of thiophene rings is 1. The summed E-state index contributed by atoms with van der Waals surface area (Å²) in [6.45, 7) is 5.08. The average Bonchev–Trinajstić information content (AvgIpc) is 3.35. The number of hydrogen-bond acceptors (Lipinski definition) is 6. The lowest BCUT2D eigenvalue weighted by molar-refractivity contribution is -0.113. The highest BCUT2D eigenvalue weighted by atomic mass is 32.2. The summed E-state index contributed by atoms with van der Waals surface area (Å²) in [6.07, 6.45) is 3.41. The van der Waals surface area contributed by atoms with Crippen molar-refractivity contribution >= 4 is 40.6 Å². The minimum Gasteiger partial charge on any atom is -0.366 e. The largest absolute Gasteiger partial charge is 0.366 e. The zero-order valence-electron chi connectivity index (χ0n) is 17.6.